The van der Waals surface area contributed by atoms with Crippen LogP contribution in [-0.2, 0) is 9.47 Å². The molecule has 0 aliphatic carbocycles. The van der Waals surface area contributed by atoms with E-state index in [4.69, 9.17) is 9.47 Å². The highest BCUT2D eigenvalue weighted by Gasteiger charge is 2.30. The first-order chi connectivity index (χ1) is 8.33. The maximum atomic E-state index is 5.89. The number of nitrogens with one attached hydrogen (secondary N) is 1. The van der Waals surface area contributed by atoms with Crippen LogP contribution in [0.5, 0.6) is 0 Å². The van der Waals surface area contributed by atoms with Crippen molar-refractivity contribution in [3.8, 4) is 0 Å². The molecule has 1 N–H and O–H groups in total. The maximum Gasteiger partial charge on any atom is 0.0728 e. The molecule has 17 heavy (non-hydrogen) atoms. The summed E-state index contributed by atoms with van der Waals surface area (Å²) in [6, 6.07) is 0.459. The molecule has 0 amide bonds. The minimum Gasteiger partial charge on any atom is -0.381 e. The average molecular weight is 243 g/mol. The molecule has 0 aromatic heterocycles. The molecule has 1 fully saturated rings. The smallest absolute Gasteiger partial charge is 0.0728 e. The summed E-state index contributed by atoms with van der Waals surface area (Å²) in [6.45, 7) is 10.2. The van der Waals surface area contributed by atoms with Gasteiger partial charge in [0.25, 0.3) is 0 Å². The first-order valence-electron chi connectivity index (χ1n) is 7.26. The van der Waals surface area contributed by atoms with Crippen molar-refractivity contribution >= 4 is 0 Å². The van der Waals surface area contributed by atoms with Crippen molar-refractivity contribution in [1.82, 2.24) is 5.32 Å². The second kappa shape index (κ2) is 8.90. The maximum absolute atomic E-state index is 5.89. The van der Waals surface area contributed by atoms with E-state index in [1.165, 1.54) is 19.3 Å². The van der Waals surface area contributed by atoms with E-state index in [9.17, 15) is 0 Å². The fraction of sp³-hybridized carbons (Fsp3) is 1.00. The van der Waals surface area contributed by atoms with Gasteiger partial charge in [0.15, 0.2) is 0 Å². The topological polar surface area (TPSA) is 30.5 Å². The minimum absolute atomic E-state index is 0.332. The van der Waals surface area contributed by atoms with Gasteiger partial charge in [-0.15, -0.1) is 0 Å². The summed E-state index contributed by atoms with van der Waals surface area (Å²) >= 11 is 0. The van der Waals surface area contributed by atoms with Gasteiger partial charge in [-0.1, -0.05) is 13.8 Å². The van der Waals surface area contributed by atoms with Crippen molar-refractivity contribution in [2.45, 2.75) is 58.6 Å². The van der Waals surface area contributed by atoms with Gasteiger partial charge in [-0.05, 0) is 39.2 Å². The molecule has 1 saturated heterocycles. The highest BCUT2D eigenvalue weighted by Crippen LogP contribution is 2.22. The molecule has 0 aromatic carbocycles. The molecule has 0 spiro atoms. The van der Waals surface area contributed by atoms with E-state index in [-0.39, 0.29) is 0 Å². The third kappa shape index (κ3) is 4.94. The number of hydrogen-bond acceptors (Lipinski definition) is 3. The van der Waals surface area contributed by atoms with Crippen LogP contribution in [0, 0.1) is 5.92 Å². The van der Waals surface area contributed by atoms with Gasteiger partial charge in [-0.3, -0.25) is 0 Å². The lowest BCUT2D eigenvalue weighted by Gasteiger charge is -2.36. The quantitative estimate of drug-likeness (QED) is 0.711. The van der Waals surface area contributed by atoms with Gasteiger partial charge in [-0.25, -0.2) is 0 Å². The third-order valence-electron chi connectivity index (χ3n) is 3.52. The Hall–Kier alpha value is -0.120. The van der Waals surface area contributed by atoms with Crippen LogP contribution in [-0.4, -0.2) is 38.5 Å². The number of hydrogen-bond donors (Lipinski definition) is 1. The van der Waals surface area contributed by atoms with Crippen LogP contribution < -0.4 is 5.32 Å². The lowest BCUT2D eigenvalue weighted by Crippen LogP contribution is -2.49. The monoisotopic (exact) mass is 243 g/mol. The Bertz CT molecular complexity index is 176. The number of rotatable bonds is 8. The standard InChI is InChI=1S/C14H29NO2/c1-4-9-15-14(13(5-2)17-6-3)12-8-7-10-16-11-12/h12-15H,4-11H2,1-3H3. The van der Waals surface area contributed by atoms with Crippen LogP contribution >= 0.6 is 0 Å². The summed E-state index contributed by atoms with van der Waals surface area (Å²) in [6.07, 6.45) is 5.04. The zero-order chi connectivity index (χ0) is 12.5. The molecule has 0 bridgehead atoms. The first kappa shape index (κ1) is 14.9. The lowest BCUT2D eigenvalue weighted by atomic mass is 9.89. The normalized spacial score (nSPS) is 24.5. The van der Waals surface area contributed by atoms with Crippen LogP contribution in [0.3, 0.4) is 0 Å². The minimum atomic E-state index is 0.332. The fourth-order valence-electron chi connectivity index (χ4n) is 2.65. The zero-order valence-electron chi connectivity index (χ0n) is 11.7. The Morgan fingerprint density at radius 1 is 1.35 bits per heavy atom. The second-order valence-corrected chi connectivity index (χ2v) is 4.86. The summed E-state index contributed by atoms with van der Waals surface area (Å²) in [4.78, 5) is 0. The van der Waals surface area contributed by atoms with Crippen molar-refractivity contribution in [3.63, 3.8) is 0 Å². The van der Waals surface area contributed by atoms with E-state index < -0.39 is 0 Å². The SMILES string of the molecule is CCCNC(C1CCCOC1)C(CC)OCC. The van der Waals surface area contributed by atoms with E-state index in [2.05, 4.69) is 26.1 Å². The lowest BCUT2D eigenvalue weighted by molar-refractivity contribution is -0.0241. The highest BCUT2D eigenvalue weighted by molar-refractivity contribution is 4.85. The van der Waals surface area contributed by atoms with Gasteiger partial charge in [0, 0.05) is 25.2 Å². The van der Waals surface area contributed by atoms with E-state index >= 15 is 0 Å². The van der Waals surface area contributed by atoms with Crippen LogP contribution in [0.1, 0.15) is 46.5 Å². The van der Waals surface area contributed by atoms with E-state index in [0.29, 0.717) is 18.1 Å². The molecule has 1 heterocycles. The Balaban J connectivity index is 2.55. The van der Waals surface area contributed by atoms with Gasteiger partial charge in [-0.2, -0.15) is 0 Å². The van der Waals surface area contributed by atoms with Crippen LogP contribution in [0.2, 0.25) is 0 Å². The molecular weight excluding hydrogens is 214 g/mol. The Kier molecular flexibility index (Phi) is 7.82. The van der Waals surface area contributed by atoms with Crippen molar-refractivity contribution in [1.29, 1.82) is 0 Å². The fourth-order valence-corrected chi connectivity index (χ4v) is 2.65. The summed E-state index contributed by atoms with van der Waals surface area (Å²) in [7, 11) is 0. The Morgan fingerprint density at radius 2 is 2.18 bits per heavy atom. The Labute approximate surface area is 106 Å². The van der Waals surface area contributed by atoms with Crippen molar-refractivity contribution < 1.29 is 9.47 Å². The summed E-state index contributed by atoms with van der Waals surface area (Å²) < 4.78 is 11.5. The largest absolute Gasteiger partial charge is 0.381 e. The van der Waals surface area contributed by atoms with Crippen LogP contribution in [0.4, 0.5) is 0 Å². The third-order valence-corrected chi connectivity index (χ3v) is 3.52. The number of ether oxygens (including phenoxy) is 2. The first-order valence-corrected chi connectivity index (χ1v) is 7.26. The second-order valence-electron chi connectivity index (χ2n) is 4.86. The van der Waals surface area contributed by atoms with Gasteiger partial charge in [0.2, 0.25) is 0 Å². The summed E-state index contributed by atoms with van der Waals surface area (Å²) in [5.41, 5.74) is 0. The predicted molar refractivity (Wildman–Crippen MR) is 71.3 cm³/mol. The van der Waals surface area contributed by atoms with Crippen molar-refractivity contribution in [2.75, 3.05) is 26.4 Å². The van der Waals surface area contributed by atoms with Gasteiger partial charge in [0.1, 0.15) is 0 Å². The van der Waals surface area contributed by atoms with Crippen LogP contribution in [0.15, 0.2) is 0 Å². The molecule has 3 nitrogen and oxygen atoms in total. The van der Waals surface area contributed by atoms with E-state index in [1.807, 2.05) is 0 Å². The van der Waals surface area contributed by atoms with Gasteiger partial charge >= 0.3 is 0 Å². The highest BCUT2D eigenvalue weighted by atomic mass is 16.5. The van der Waals surface area contributed by atoms with E-state index in [0.717, 1.165) is 32.8 Å². The summed E-state index contributed by atoms with van der Waals surface area (Å²) in [5.74, 6) is 0.617. The molecule has 3 unspecified atom stereocenters. The predicted octanol–water partition coefficient (Wildman–Crippen LogP) is 2.60. The average Bonchev–Trinajstić information content (AvgIpc) is 2.39. The molecule has 1 aliphatic rings. The molecule has 1 rings (SSSR count). The molecule has 102 valence electrons. The molecule has 0 aromatic rings. The molecule has 0 radical (unpaired) electrons. The van der Waals surface area contributed by atoms with Crippen molar-refractivity contribution in [2.24, 2.45) is 5.92 Å². The molecule has 0 saturated carbocycles. The van der Waals surface area contributed by atoms with Crippen LogP contribution in [0.25, 0.3) is 0 Å². The van der Waals surface area contributed by atoms with Gasteiger partial charge in [0.05, 0.1) is 12.7 Å². The van der Waals surface area contributed by atoms with E-state index in [1.54, 1.807) is 0 Å². The molecule has 3 heteroatoms. The van der Waals surface area contributed by atoms with Gasteiger partial charge < -0.3 is 14.8 Å². The molecule has 3 atom stereocenters. The molecular formula is C14H29NO2. The van der Waals surface area contributed by atoms with Crippen molar-refractivity contribution in [3.05, 3.63) is 0 Å². The zero-order valence-corrected chi connectivity index (χ0v) is 11.7. The summed E-state index contributed by atoms with van der Waals surface area (Å²) in [5, 5.41) is 3.67. The Morgan fingerprint density at radius 3 is 2.71 bits per heavy atom. The molecule has 1 aliphatic heterocycles.